The lowest BCUT2D eigenvalue weighted by atomic mass is 10.1. The monoisotopic (exact) mass is 167 g/mol. The lowest BCUT2D eigenvalue weighted by Gasteiger charge is -2.13. The minimum atomic E-state index is -0.175. The first-order valence-corrected chi connectivity index (χ1v) is 4.29. The summed E-state index contributed by atoms with van der Waals surface area (Å²) in [7, 11) is 0. The summed E-state index contributed by atoms with van der Waals surface area (Å²) in [6.07, 6.45) is 0.997. The van der Waals surface area contributed by atoms with Crippen LogP contribution in [0.1, 0.15) is 34.1 Å². The van der Waals surface area contributed by atoms with E-state index in [2.05, 4.69) is 31.0 Å². The topological polar surface area (TPSA) is 29.1 Å². The molecule has 0 spiro atoms. The minimum Gasteiger partial charge on any atom is -0.343 e. The molecule has 1 unspecified atom stereocenters. The highest BCUT2D eigenvalue weighted by Gasteiger charge is 2.06. The maximum absolute atomic E-state index is 11.0. The third-order valence-corrected chi connectivity index (χ3v) is 1.44. The summed E-state index contributed by atoms with van der Waals surface area (Å²) in [6, 6.07) is 0.221. The van der Waals surface area contributed by atoms with Crippen molar-refractivity contribution in [2.45, 2.75) is 40.2 Å². The van der Waals surface area contributed by atoms with Crippen LogP contribution in [0.15, 0.2) is 0 Å². The number of rotatable bonds is 3. The van der Waals surface area contributed by atoms with Crippen LogP contribution in [0, 0.1) is 17.8 Å². The maximum Gasteiger partial charge on any atom is 0.296 e. The van der Waals surface area contributed by atoms with Crippen LogP contribution in [-0.2, 0) is 4.79 Å². The van der Waals surface area contributed by atoms with E-state index in [1.165, 1.54) is 0 Å². The van der Waals surface area contributed by atoms with Gasteiger partial charge in [-0.25, -0.2) is 0 Å². The fourth-order valence-electron chi connectivity index (χ4n) is 1.14. The molecule has 0 aliphatic carbocycles. The smallest absolute Gasteiger partial charge is 0.296 e. The second-order valence-corrected chi connectivity index (χ2v) is 3.38. The minimum absolute atomic E-state index is 0.175. The standard InChI is InChI=1S/C10H17NO/c1-5-6-10(12)11-9(4)7-8(2)3/h8-9H,7H2,1-4H3,(H,11,12). The Kier molecular flexibility index (Phi) is 5.19. The lowest BCUT2D eigenvalue weighted by Crippen LogP contribution is -2.32. The van der Waals surface area contributed by atoms with Crippen molar-refractivity contribution in [3.63, 3.8) is 0 Å². The van der Waals surface area contributed by atoms with Gasteiger partial charge >= 0.3 is 0 Å². The second kappa shape index (κ2) is 5.65. The first kappa shape index (κ1) is 11.0. The van der Waals surface area contributed by atoms with Crippen molar-refractivity contribution in [1.82, 2.24) is 5.32 Å². The molecule has 0 aromatic rings. The van der Waals surface area contributed by atoms with Crippen LogP contribution in [0.3, 0.4) is 0 Å². The molecule has 0 aromatic carbocycles. The maximum atomic E-state index is 11.0. The van der Waals surface area contributed by atoms with Gasteiger partial charge in [-0.15, -0.1) is 0 Å². The zero-order chi connectivity index (χ0) is 9.56. The third kappa shape index (κ3) is 5.79. The predicted octanol–water partition coefficient (Wildman–Crippen LogP) is 1.56. The van der Waals surface area contributed by atoms with Crippen molar-refractivity contribution in [3.8, 4) is 11.8 Å². The van der Waals surface area contributed by atoms with E-state index in [0.29, 0.717) is 5.92 Å². The molecule has 0 bridgehead atoms. The number of amides is 1. The summed E-state index contributed by atoms with van der Waals surface area (Å²) in [4.78, 5) is 11.0. The molecule has 0 aliphatic heterocycles. The number of hydrogen-bond donors (Lipinski definition) is 1. The van der Waals surface area contributed by atoms with Gasteiger partial charge in [-0.3, -0.25) is 4.79 Å². The van der Waals surface area contributed by atoms with Crippen molar-refractivity contribution in [2.24, 2.45) is 5.92 Å². The van der Waals surface area contributed by atoms with Gasteiger partial charge in [0.15, 0.2) is 0 Å². The van der Waals surface area contributed by atoms with Gasteiger partial charge < -0.3 is 5.32 Å². The molecule has 0 radical (unpaired) electrons. The molecular weight excluding hydrogens is 150 g/mol. The van der Waals surface area contributed by atoms with Crippen molar-refractivity contribution < 1.29 is 4.79 Å². The molecule has 2 heteroatoms. The Balaban J connectivity index is 3.74. The summed E-state index contributed by atoms with van der Waals surface area (Å²) in [5.41, 5.74) is 0. The molecule has 2 nitrogen and oxygen atoms in total. The highest BCUT2D eigenvalue weighted by molar-refractivity contribution is 5.93. The molecular formula is C10H17NO. The van der Waals surface area contributed by atoms with Gasteiger partial charge in [-0.05, 0) is 32.1 Å². The van der Waals surface area contributed by atoms with Crippen molar-refractivity contribution in [2.75, 3.05) is 0 Å². The summed E-state index contributed by atoms with van der Waals surface area (Å²) < 4.78 is 0. The Bertz CT molecular complexity index is 198. The number of hydrogen-bond acceptors (Lipinski definition) is 1. The summed E-state index contributed by atoms with van der Waals surface area (Å²) >= 11 is 0. The fourth-order valence-corrected chi connectivity index (χ4v) is 1.14. The SMILES string of the molecule is CC#CC(=O)NC(C)CC(C)C. The van der Waals surface area contributed by atoms with Crippen LogP contribution < -0.4 is 5.32 Å². The van der Waals surface area contributed by atoms with E-state index in [-0.39, 0.29) is 11.9 Å². The van der Waals surface area contributed by atoms with Gasteiger partial charge in [0, 0.05) is 6.04 Å². The zero-order valence-corrected chi connectivity index (χ0v) is 8.27. The van der Waals surface area contributed by atoms with E-state index in [1.807, 2.05) is 6.92 Å². The highest BCUT2D eigenvalue weighted by Crippen LogP contribution is 2.02. The lowest BCUT2D eigenvalue weighted by molar-refractivity contribution is -0.116. The molecule has 12 heavy (non-hydrogen) atoms. The van der Waals surface area contributed by atoms with E-state index in [1.54, 1.807) is 6.92 Å². The van der Waals surface area contributed by atoms with E-state index < -0.39 is 0 Å². The Morgan fingerprint density at radius 2 is 2.00 bits per heavy atom. The average Bonchev–Trinajstić information content (AvgIpc) is 1.84. The van der Waals surface area contributed by atoms with Crippen molar-refractivity contribution in [3.05, 3.63) is 0 Å². The second-order valence-electron chi connectivity index (χ2n) is 3.38. The van der Waals surface area contributed by atoms with E-state index >= 15 is 0 Å². The van der Waals surface area contributed by atoms with Gasteiger partial charge in [0.05, 0.1) is 0 Å². The van der Waals surface area contributed by atoms with Crippen molar-refractivity contribution in [1.29, 1.82) is 0 Å². The van der Waals surface area contributed by atoms with E-state index in [0.717, 1.165) is 6.42 Å². The van der Waals surface area contributed by atoms with Crippen LogP contribution in [0.4, 0.5) is 0 Å². The summed E-state index contributed by atoms with van der Waals surface area (Å²) in [6.45, 7) is 7.92. The summed E-state index contributed by atoms with van der Waals surface area (Å²) in [5, 5.41) is 2.80. The third-order valence-electron chi connectivity index (χ3n) is 1.44. The number of nitrogens with one attached hydrogen (secondary N) is 1. The van der Waals surface area contributed by atoms with Gasteiger partial charge in [-0.1, -0.05) is 19.8 Å². The zero-order valence-electron chi connectivity index (χ0n) is 8.27. The largest absolute Gasteiger partial charge is 0.343 e. The first-order chi connectivity index (χ1) is 5.56. The average molecular weight is 167 g/mol. The van der Waals surface area contributed by atoms with Gasteiger partial charge in [-0.2, -0.15) is 0 Å². The van der Waals surface area contributed by atoms with Crippen LogP contribution in [0.25, 0.3) is 0 Å². The van der Waals surface area contributed by atoms with Gasteiger partial charge in [0.1, 0.15) is 0 Å². The molecule has 0 aromatic heterocycles. The van der Waals surface area contributed by atoms with E-state index in [4.69, 9.17) is 0 Å². The Morgan fingerprint density at radius 1 is 1.42 bits per heavy atom. The normalized spacial score (nSPS) is 11.8. The molecule has 0 aliphatic rings. The summed E-state index contributed by atoms with van der Waals surface area (Å²) in [5.74, 6) is 5.44. The fraction of sp³-hybridized carbons (Fsp3) is 0.700. The van der Waals surface area contributed by atoms with Crippen LogP contribution in [0.5, 0.6) is 0 Å². The Hall–Kier alpha value is -0.970. The Morgan fingerprint density at radius 3 is 2.42 bits per heavy atom. The quantitative estimate of drug-likeness (QED) is 0.635. The highest BCUT2D eigenvalue weighted by atomic mass is 16.1. The number of carbonyl (C=O) groups is 1. The van der Waals surface area contributed by atoms with Crippen LogP contribution >= 0.6 is 0 Å². The molecule has 0 heterocycles. The van der Waals surface area contributed by atoms with Crippen LogP contribution in [0.2, 0.25) is 0 Å². The Labute approximate surface area is 74.7 Å². The van der Waals surface area contributed by atoms with E-state index in [9.17, 15) is 4.79 Å². The molecule has 1 N–H and O–H groups in total. The molecule has 0 saturated heterocycles. The predicted molar refractivity (Wildman–Crippen MR) is 50.5 cm³/mol. The van der Waals surface area contributed by atoms with Crippen LogP contribution in [-0.4, -0.2) is 11.9 Å². The number of carbonyl (C=O) groups excluding carboxylic acids is 1. The molecule has 68 valence electrons. The van der Waals surface area contributed by atoms with Crippen molar-refractivity contribution >= 4 is 5.91 Å². The van der Waals surface area contributed by atoms with Gasteiger partial charge in [0.2, 0.25) is 0 Å². The molecule has 0 rings (SSSR count). The molecule has 0 saturated carbocycles. The molecule has 1 amide bonds. The first-order valence-electron chi connectivity index (χ1n) is 4.29. The molecule has 1 atom stereocenters. The van der Waals surface area contributed by atoms with Gasteiger partial charge in [0.25, 0.3) is 5.91 Å². The molecule has 0 fully saturated rings.